The highest BCUT2D eigenvalue weighted by molar-refractivity contribution is 5.83. The van der Waals surface area contributed by atoms with Gasteiger partial charge in [-0.15, -0.1) is 0 Å². The van der Waals surface area contributed by atoms with Crippen molar-refractivity contribution in [1.29, 1.82) is 0 Å². The predicted molar refractivity (Wildman–Crippen MR) is 53.4 cm³/mol. The van der Waals surface area contributed by atoms with Gasteiger partial charge in [0.25, 0.3) is 0 Å². The smallest absolute Gasteiger partial charge is 0.325 e. The molecule has 2 atom stereocenters. The average molecular weight is 215 g/mol. The molecule has 86 valence electrons. The molecule has 1 saturated heterocycles. The minimum absolute atomic E-state index is 0.197. The number of carbonyl (C=O) groups is 2. The van der Waals surface area contributed by atoms with E-state index < -0.39 is 12.0 Å². The number of ether oxygens (including phenoxy) is 1. The Bertz CT molecular complexity index is 236. The number of amides is 1. The number of aliphatic carboxylic acids is 1. The summed E-state index contributed by atoms with van der Waals surface area (Å²) >= 11 is 0. The minimum Gasteiger partial charge on any atom is -0.480 e. The highest BCUT2D eigenvalue weighted by Crippen LogP contribution is 2.17. The maximum atomic E-state index is 11.3. The highest BCUT2D eigenvalue weighted by Gasteiger charge is 2.18. The topological polar surface area (TPSA) is 75.6 Å². The third-order valence-corrected chi connectivity index (χ3v) is 2.55. The summed E-state index contributed by atoms with van der Waals surface area (Å²) in [5.74, 6) is -0.750. The van der Waals surface area contributed by atoms with Crippen LogP contribution in [0.4, 0.5) is 0 Å². The lowest BCUT2D eigenvalue weighted by Crippen LogP contribution is -2.38. The summed E-state index contributed by atoms with van der Waals surface area (Å²) in [4.78, 5) is 21.8. The fraction of sp³-hybridized carbons (Fsp3) is 0.800. The van der Waals surface area contributed by atoms with Crippen molar-refractivity contribution in [1.82, 2.24) is 5.32 Å². The Labute approximate surface area is 88.8 Å². The maximum Gasteiger partial charge on any atom is 0.325 e. The zero-order valence-electron chi connectivity index (χ0n) is 8.86. The van der Waals surface area contributed by atoms with Gasteiger partial charge in [0.05, 0.1) is 0 Å². The number of carbonyl (C=O) groups excluding carboxylic acids is 1. The van der Waals surface area contributed by atoms with E-state index in [-0.39, 0.29) is 5.91 Å². The summed E-state index contributed by atoms with van der Waals surface area (Å²) in [7, 11) is 0. The van der Waals surface area contributed by atoms with E-state index in [2.05, 4.69) is 5.32 Å². The molecular formula is C10H17NO4. The first kappa shape index (κ1) is 12.0. The monoisotopic (exact) mass is 215 g/mol. The van der Waals surface area contributed by atoms with E-state index in [1.54, 1.807) is 0 Å². The first-order chi connectivity index (χ1) is 7.09. The molecule has 1 fully saturated rings. The summed E-state index contributed by atoms with van der Waals surface area (Å²) in [6.45, 7) is 2.96. The highest BCUT2D eigenvalue weighted by atomic mass is 16.5. The molecule has 0 spiro atoms. The van der Waals surface area contributed by atoms with Crippen LogP contribution in [0.25, 0.3) is 0 Å². The molecular weight excluding hydrogens is 198 g/mol. The molecule has 2 N–H and O–H groups in total. The molecule has 5 heteroatoms. The van der Waals surface area contributed by atoms with Gasteiger partial charge in [-0.3, -0.25) is 9.59 Å². The van der Waals surface area contributed by atoms with Gasteiger partial charge in [0.2, 0.25) is 5.91 Å². The van der Waals surface area contributed by atoms with Gasteiger partial charge in [0.15, 0.2) is 0 Å². The predicted octanol–water partition coefficient (Wildman–Crippen LogP) is 0.392. The van der Waals surface area contributed by atoms with Crippen molar-refractivity contribution in [3.05, 3.63) is 0 Å². The normalized spacial score (nSPS) is 22.3. The second kappa shape index (κ2) is 5.70. The van der Waals surface area contributed by atoms with Crippen molar-refractivity contribution >= 4 is 11.9 Å². The van der Waals surface area contributed by atoms with E-state index in [9.17, 15) is 9.59 Å². The van der Waals surface area contributed by atoms with Crippen LogP contribution in [0.15, 0.2) is 0 Å². The van der Waals surface area contributed by atoms with E-state index >= 15 is 0 Å². The number of carboxylic acid groups (broad SMARTS) is 1. The largest absolute Gasteiger partial charge is 0.480 e. The van der Waals surface area contributed by atoms with Crippen LogP contribution in [-0.2, 0) is 14.3 Å². The van der Waals surface area contributed by atoms with Crippen molar-refractivity contribution in [3.8, 4) is 0 Å². The van der Waals surface area contributed by atoms with E-state index in [0.717, 1.165) is 26.1 Å². The lowest BCUT2D eigenvalue weighted by molar-refractivity contribution is -0.141. The van der Waals surface area contributed by atoms with Crippen LogP contribution in [0, 0.1) is 5.92 Å². The molecule has 0 bridgehead atoms. The van der Waals surface area contributed by atoms with E-state index in [1.165, 1.54) is 6.92 Å². The van der Waals surface area contributed by atoms with Gasteiger partial charge in [0, 0.05) is 19.6 Å². The molecule has 0 aromatic rings. The number of hydrogen-bond donors (Lipinski definition) is 2. The Balaban J connectivity index is 2.15. The summed E-state index contributed by atoms with van der Waals surface area (Å²) in [6, 6.07) is -0.808. The van der Waals surface area contributed by atoms with Gasteiger partial charge in [0.1, 0.15) is 6.04 Å². The third kappa shape index (κ3) is 4.29. The lowest BCUT2D eigenvalue weighted by Gasteiger charge is -2.10. The number of rotatable bonds is 5. The molecule has 15 heavy (non-hydrogen) atoms. The number of nitrogens with one attached hydrogen (secondary N) is 1. The second-order valence-electron chi connectivity index (χ2n) is 3.90. The molecule has 0 radical (unpaired) electrons. The fourth-order valence-electron chi connectivity index (χ4n) is 1.52. The molecule has 1 unspecified atom stereocenters. The minimum atomic E-state index is -1.01. The first-order valence-electron chi connectivity index (χ1n) is 5.19. The third-order valence-electron chi connectivity index (χ3n) is 2.55. The molecule has 1 aliphatic rings. The number of carboxylic acids is 1. The Kier molecular flexibility index (Phi) is 4.55. The van der Waals surface area contributed by atoms with Crippen LogP contribution in [0.5, 0.6) is 0 Å². The molecule has 5 nitrogen and oxygen atoms in total. The van der Waals surface area contributed by atoms with Gasteiger partial charge in [-0.2, -0.15) is 0 Å². The van der Waals surface area contributed by atoms with Gasteiger partial charge in [-0.25, -0.2) is 0 Å². The van der Waals surface area contributed by atoms with Crippen molar-refractivity contribution in [2.75, 3.05) is 13.2 Å². The van der Waals surface area contributed by atoms with E-state index in [4.69, 9.17) is 9.84 Å². The van der Waals surface area contributed by atoms with Crippen LogP contribution < -0.4 is 5.32 Å². The van der Waals surface area contributed by atoms with Gasteiger partial charge in [-0.1, -0.05) is 0 Å². The Hall–Kier alpha value is -1.10. The summed E-state index contributed by atoms with van der Waals surface area (Å²) in [5.41, 5.74) is 0. The van der Waals surface area contributed by atoms with Crippen LogP contribution in [0.1, 0.15) is 26.2 Å². The molecule has 0 aliphatic carbocycles. The zero-order valence-corrected chi connectivity index (χ0v) is 8.86. The van der Waals surface area contributed by atoms with Crippen LogP contribution in [0.3, 0.4) is 0 Å². The molecule has 1 heterocycles. The van der Waals surface area contributed by atoms with Crippen molar-refractivity contribution in [2.45, 2.75) is 32.2 Å². The second-order valence-corrected chi connectivity index (χ2v) is 3.90. The standard InChI is InChI=1S/C10H17NO4/c1-7(10(13)14)11-9(12)3-2-8-4-5-15-6-8/h7-8H,2-6H2,1H3,(H,11,12)(H,13,14)/t7-,8?/m1/s1. The van der Waals surface area contributed by atoms with Gasteiger partial charge in [-0.05, 0) is 25.7 Å². The van der Waals surface area contributed by atoms with Crippen LogP contribution in [0.2, 0.25) is 0 Å². The Morgan fingerprint density at radius 3 is 2.87 bits per heavy atom. The zero-order chi connectivity index (χ0) is 11.3. The van der Waals surface area contributed by atoms with Gasteiger partial charge < -0.3 is 15.2 Å². The fourth-order valence-corrected chi connectivity index (χ4v) is 1.52. The quantitative estimate of drug-likeness (QED) is 0.695. The average Bonchev–Trinajstić information content (AvgIpc) is 2.66. The molecule has 0 aromatic carbocycles. The SMILES string of the molecule is C[C@@H](NC(=O)CCC1CCOC1)C(=O)O. The van der Waals surface area contributed by atoms with Gasteiger partial charge >= 0.3 is 5.97 Å². The Morgan fingerprint density at radius 2 is 2.33 bits per heavy atom. The van der Waals surface area contributed by atoms with E-state index in [0.29, 0.717) is 12.3 Å². The molecule has 1 amide bonds. The molecule has 1 rings (SSSR count). The lowest BCUT2D eigenvalue weighted by atomic mass is 10.0. The molecule has 0 saturated carbocycles. The van der Waals surface area contributed by atoms with Crippen LogP contribution in [-0.4, -0.2) is 36.2 Å². The van der Waals surface area contributed by atoms with Crippen LogP contribution >= 0.6 is 0 Å². The maximum absolute atomic E-state index is 11.3. The van der Waals surface area contributed by atoms with E-state index in [1.807, 2.05) is 0 Å². The molecule has 0 aromatic heterocycles. The van der Waals surface area contributed by atoms with Crippen molar-refractivity contribution in [3.63, 3.8) is 0 Å². The summed E-state index contributed by atoms with van der Waals surface area (Å²) in [6.07, 6.45) is 2.16. The molecule has 1 aliphatic heterocycles. The van der Waals surface area contributed by atoms with Crippen molar-refractivity contribution < 1.29 is 19.4 Å². The first-order valence-corrected chi connectivity index (χ1v) is 5.19. The Morgan fingerprint density at radius 1 is 1.60 bits per heavy atom. The van der Waals surface area contributed by atoms with Crippen molar-refractivity contribution in [2.24, 2.45) is 5.92 Å². The summed E-state index contributed by atoms with van der Waals surface area (Å²) in [5, 5.41) is 11.0. The number of hydrogen-bond acceptors (Lipinski definition) is 3. The summed E-state index contributed by atoms with van der Waals surface area (Å²) < 4.78 is 5.18.